The number of hydrogen-bond donors (Lipinski definition) is 0. The predicted octanol–water partition coefficient (Wildman–Crippen LogP) is 2.62. The first-order valence-corrected chi connectivity index (χ1v) is 8.94. The van der Waals surface area contributed by atoms with Crippen molar-refractivity contribution in [2.45, 2.75) is 38.5 Å². The fourth-order valence-corrected chi connectivity index (χ4v) is 3.62. The van der Waals surface area contributed by atoms with E-state index in [1.165, 1.54) is 25.0 Å². The Kier molecular flexibility index (Phi) is 5.48. The summed E-state index contributed by atoms with van der Waals surface area (Å²) >= 11 is 0. The molecule has 0 N–H and O–H groups in total. The third-order valence-electron chi connectivity index (χ3n) is 5.07. The second-order valence-electron chi connectivity index (χ2n) is 6.86. The first-order chi connectivity index (χ1) is 11.6. The van der Waals surface area contributed by atoms with E-state index in [2.05, 4.69) is 0 Å². The van der Waals surface area contributed by atoms with Crippen molar-refractivity contribution in [1.82, 2.24) is 9.80 Å². The molecular weight excluding hydrogens is 307 g/mol. The van der Waals surface area contributed by atoms with Crippen molar-refractivity contribution in [1.29, 1.82) is 0 Å². The van der Waals surface area contributed by atoms with Crippen LogP contribution in [0.15, 0.2) is 24.3 Å². The van der Waals surface area contributed by atoms with Crippen molar-refractivity contribution in [3.8, 4) is 0 Å². The molecule has 0 aromatic heterocycles. The van der Waals surface area contributed by atoms with Gasteiger partial charge in [0.15, 0.2) is 0 Å². The molecule has 1 aromatic rings. The lowest BCUT2D eigenvalue weighted by atomic mass is 10.1. The first-order valence-electron chi connectivity index (χ1n) is 8.94. The highest BCUT2D eigenvalue weighted by molar-refractivity contribution is 5.89. The molecule has 130 valence electrons. The van der Waals surface area contributed by atoms with Crippen LogP contribution in [0.1, 0.15) is 37.7 Å². The van der Waals surface area contributed by atoms with Crippen molar-refractivity contribution >= 4 is 11.8 Å². The third-order valence-corrected chi connectivity index (χ3v) is 5.07. The Bertz CT molecular complexity index is 580. The van der Waals surface area contributed by atoms with Crippen LogP contribution in [0.3, 0.4) is 0 Å². The molecule has 5 heteroatoms. The topological polar surface area (TPSA) is 40.6 Å². The Labute approximate surface area is 142 Å². The summed E-state index contributed by atoms with van der Waals surface area (Å²) in [5.74, 6) is -0.234. The molecule has 3 rings (SSSR count). The van der Waals surface area contributed by atoms with E-state index < -0.39 is 0 Å². The molecule has 24 heavy (non-hydrogen) atoms. The van der Waals surface area contributed by atoms with E-state index in [1.54, 1.807) is 17.0 Å². The van der Waals surface area contributed by atoms with E-state index in [0.717, 1.165) is 31.5 Å². The molecule has 0 bridgehead atoms. The van der Waals surface area contributed by atoms with Gasteiger partial charge in [0, 0.05) is 32.6 Å². The fourth-order valence-electron chi connectivity index (χ4n) is 3.62. The van der Waals surface area contributed by atoms with E-state index >= 15 is 0 Å². The van der Waals surface area contributed by atoms with Gasteiger partial charge in [0.1, 0.15) is 5.82 Å². The van der Waals surface area contributed by atoms with Crippen LogP contribution in [-0.2, 0) is 16.0 Å². The lowest BCUT2D eigenvalue weighted by molar-refractivity contribution is -0.135. The Balaban J connectivity index is 1.53. The maximum Gasteiger partial charge on any atom is 0.227 e. The second-order valence-corrected chi connectivity index (χ2v) is 6.86. The predicted molar refractivity (Wildman–Crippen MR) is 89.8 cm³/mol. The number of rotatable bonds is 4. The van der Waals surface area contributed by atoms with Crippen molar-refractivity contribution in [3.63, 3.8) is 0 Å². The molecule has 2 aliphatic rings. The van der Waals surface area contributed by atoms with Gasteiger partial charge in [-0.05, 0) is 37.0 Å². The van der Waals surface area contributed by atoms with Gasteiger partial charge in [-0.2, -0.15) is 0 Å². The molecule has 2 aliphatic heterocycles. The molecule has 0 aliphatic carbocycles. The monoisotopic (exact) mass is 332 g/mol. The van der Waals surface area contributed by atoms with Crippen LogP contribution < -0.4 is 0 Å². The number of hydrogen-bond acceptors (Lipinski definition) is 2. The summed E-state index contributed by atoms with van der Waals surface area (Å²) in [5.41, 5.74) is 1.01. The summed E-state index contributed by atoms with van der Waals surface area (Å²) in [7, 11) is 0. The Morgan fingerprint density at radius 2 is 1.75 bits per heavy atom. The number of amides is 2. The lowest BCUT2D eigenvalue weighted by Crippen LogP contribution is -2.38. The van der Waals surface area contributed by atoms with Crippen molar-refractivity contribution in [2.24, 2.45) is 5.92 Å². The van der Waals surface area contributed by atoms with Gasteiger partial charge in [-0.3, -0.25) is 9.59 Å². The summed E-state index contributed by atoms with van der Waals surface area (Å²) in [6, 6.07) is 6.37. The minimum absolute atomic E-state index is 0.0604. The molecule has 2 fully saturated rings. The second kappa shape index (κ2) is 7.77. The van der Waals surface area contributed by atoms with Crippen LogP contribution >= 0.6 is 0 Å². The van der Waals surface area contributed by atoms with Crippen LogP contribution in [0.4, 0.5) is 4.39 Å². The highest BCUT2D eigenvalue weighted by Crippen LogP contribution is 2.22. The summed E-state index contributed by atoms with van der Waals surface area (Å²) in [6.07, 6.45) is 5.55. The third kappa shape index (κ3) is 4.13. The van der Waals surface area contributed by atoms with Crippen LogP contribution in [-0.4, -0.2) is 47.8 Å². The quantitative estimate of drug-likeness (QED) is 0.850. The van der Waals surface area contributed by atoms with E-state index in [9.17, 15) is 14.0 Å². The maximum atomic E-state index is 12.9. The SMILES string of the molecule is O=C1C[C@@H](C(=O)N2CCCCCC2)CN1CCc1ccc(F)cc1. The van der Waals surface area contributed by atoms with Crippen molar-refractivity contribution in [2.75, 3.05) is 26.2 Å². The molecule has 0 spiro atoms. The van der Waals surface area contributed by atoms with Gasteiger partial charge in [0.05, 0.1) is 5.92 Å². The van der Waals surface area contributed by atoms with Crippen LogP contribution in [0.2, 0.25) is 0 Å². The molecule has 2 amide bonds. The number of halogens is 1. The molecule has 1 atom stereocenters. The normalized spacial score (nSPS) is 21.9. The van der Waals surface area contributed by atoms with Crippen LogP contribution in [0, 0.1) is 11.7 Å². The fraction of sp³-hybridized carbons (Fsp3) is 0.579. The van der Waals surface area contributed by atoms with Gasteiger partial charge in [-0.1, -0.05) is 25.0 Å². The smallest absolute Gasteiger partial charge is 0.227 e. The number of benzene rings is 1. The molecular formula is C19H25FN2O2. The standard InChI is InChI=1S/C19H25FN2O2/c20-17-7-5-15(6-8-17)9-12-22-14-16(13-18(22)23)19(24)21-10-3-1-2-4-11-21/h5-8,16H,1-4,9-14H2/t16-/m1/s1. The molecule has 0 radical (unpaired) electrons. The Morgan fingerprint density at radius 3 is 2.42 bits per heavy atom. The minimum Gasteiger partial charge on any atom is -0.342 e. The largest absolute Gasteiger partial charge is 0.342 e. The van der Waals surface area contributed by atoms with E-state index in [0.29, 0.717) is 25.9 Å². The molecule has 0 unspecified atom stereocenters. The zero-order chi connectivity index (χ0) is 16.9. The van der Waals surface area contributed by atoms with Crippen LogP contribution in [0.25, 0.3) is 0 Å². The summed E-state index contributed by atoms with van der Waals surface area (Å²) in [5, 5.41) is 0. The maximum absolute atomic E-state index is 12.9. The average molecular weight is 332 g/mol. The zero-order valence-corrected chi connectivity index (χ0v) is 14.0. The number of carbonyl (C=O) groups is 2. The zero-order valence-electron chi connectivity index (χ0n) is 14.0. The summed E-state index contributed by atoms with van der Waals surface area (Å²) in [4.78, 5) is 28.6. The first kappa shape index (κ1) is 16.9. The molecule has 1 aromatic carbocycles. The minimum atomic E-state index is -0.251. The van der Waals surface area contributed by atoms with Gasteiger partial charge in [-0.25, -0.2) is 4.39 Å². The van der Waals surface area contributed by atoms with Gasteiger partial charge < -0.3 is 9.80 Å². The van der Waals surface area contributed by atoms with Gasteiger partial charge in [0.25, 0.3) is 0 Å². The van der Waals surface area contributed by atoms with Crippen molar-refractivity contribution in [3.05, 3.63) is 35.6 Å². The average Bonchev–Trinajstić information content (AvgIpc) is 2.78. The van der Waals surface area contributed by atoms with Gasteiger partial charge in [0.2, 0.25) is 11.8 Å². The molecule has 4 nitrogen and oxygen atoms in total. The molecule has 2 saturated heterocycles. The summed E-state index contributed by atoms with van der Waals surface area (Å²) in [6.45, 7) is 2.78. The Hall–Kier alpha value is -1.91. The number of carbonyl (C=O) groups excluding carboxylic acids is 2. The number of likely N-dealkylation sites (tertiary alicyclic amines) is 2. The lowest BCUT2D eigenvalue weighted by Gasteiger charge is -2.24. The molecule has 0 saturated carbocycles. The van der Waals surface area contributed by atoms with Gasteiger partial charge in [-0.15, -0.1) is 0 Å². The highest BCUT2D eigenvalue weighted by Gasteiger charge is 2.36. The number of nitrogens with zero attached hydrogens (tertiary/aromatic N) is 2. The van der Waals surface area contributed by atoms with E-state index in [1.807, 2.05) is 4.90 Å². The van der Waals surface area contributed by atoms with Crippen molar-refractivity contribution < 1.29 is 14.0 Å². The van der Waals surface area contributed by atoms with E-state index in [4.69, 9.17) is 0 Å². The van der Waals surface area contributed by atoms with E-state index in [-0.39, 0.29) is 23.5 Å². The molecule has 2 heterocycles. The Morgan fingerprint density at radius 1 is 1.08 bits per heavy atom. The van der Waals surface area contributed by atoms with Gasteiger partial charge >= 0.3 is 0 Å². The highest BCUT2D eigenvalue weighted by atomic mass is 19.1. The summed E-state index contributed by atoms with van der Waals surface area (Å²) < 4.78 is 12.9. The van der Waals surface area contributed by atoms with Crippen LogP contribution in [0.5, 0.6) is 0 Å².